The van der Waals surface area contributed by atoms with E-state index in [0.29, 0.717) is 11.5 Å². The Balaban J connectivity index is 1.60. The highest BCUT2D eigenvalue weighted by atomic mass is 16.5. The molecule has 2 atom stereocenters. The van der Waals surface area contributed by atoms with E-state index in [1.807, 2.05) is 29.2 Å². The number of aryl methyl sites for hydroxylation is 1. The molecule has 1 amide bonds. The van der Waals surface area contributed by atoms with E-state index in [1.165, 1.54) is 0 Å². The van der Waals surface area contributed by atoms with Crippen LogP contribution >= 0.6 is 0 Å². The van der Waals surface area contributed by atoms with Crippen molar-refractivity contribution in [2.45, 2.75) is 58.4 Å². The number of nitrogens with zero attached hydrogens (tertiary/aromatic N) is 2. The van der Waals surface area contributed by atoms with Crippen LogP contribution in [0.4, 0.5) is 0 Å². The molecule has 1 aromatic heterocycles. The molecular formula is C23H28N2O3. The smallest absolute Gasteiger partial charge is 0.339 e. The van der Waals surface area contributed by atoms with Gasteiger partial charge >= 0.3 is 5.97 Å². The van der Waals surface area contributed by atoms with E-state index in [0.717, 1.165) is 67.2 Å². The van der Waals surface area contributed by atoms with E-state index < -0.39 is 5.97 Å². The first kappa shape index (κ1) is 18.9. The van der Waals surface area contributed by atoms with Crippen LogP contribution < -0.4 is 0 Å². The third-order valence-electron chi connectivity index (χ3n) is 6.16. The first-order chi connectivity index (χ1) is 13.5. The van der Waals surface area contributed by atoms with Gasteiger partial charge in [-0.1, -0.05) is 25.1 Å². The van der Waals surface area contributed by atoms with Crippen molar-refractivity contribution >= 4 is 22.8 Å². The average Bonchev–Trinajstić information content (AvgIpc) is 2.70. The fourth-order valence-electron chi connectivity index (χ4n) is 4.55. The molecule has 0 unspecified atom stereocenters. The van der Waals surface area contributed by atoms with Crippen LogP contribution in [-0.2, 0) is 22.4 Å². The van der Waals surface area contributed by atoms with Gasteiger partial charge in [-0.2, -0.15) is 0 Å². The molecular weight excluding hydrogens is 352 g/mol. The Morgan fingerprint density at radius 2 is 2.00 bits per heavy atom. The molecule has 1 saturated heterocycles. The van der Waals surface area contributed by atoms with Gasteiger partial charge in [-0.05, 0) is 63.0 Å². The van der Waals surface area contributed by atoms with Gasteiger partial charge in [0.1, 0.15) is 0 Å². The number of carbonyl (C=O) groups excluding carboxylic acids is 2. The van der Waals surface area contributed by atoms with Crippen molar-refractivity contribution in [1.29, 1.82) is 0 Å². The van der Waals surface area contributed by atoms with E-state index in [4.69, 9.17) is 9.72 Å². The van der Waals surface area contributed by atoms with E-state index >= 15 is 0 Å². The molecule has 2 heterocycles. The molecule has 28 heavy (non-hydrogen) atoms. The van der Waals surface area contributed by atoms with Gasteiger partial charge in [-0.25, -0.2) is 4.79 Å². The standard InChI is InChI=1S/C23H28N2O3/c1-15-10-11-20-18(13-15)22(17-8-3-4-9-19(17)24-20)23(27)28-14-21(26)25-12-6-5-7-16(25)2/h3-4,8-9,15-16H,5-7,10-14H2,1-2H3/t15-,16-/m1/s1. The lowest BCUT2D eigenvalue weighted by atomic mass is 9.84. The van der Waals surface area contributed by atoms with Gasteiger partial charge in [-0.15, -0.1) is 0 Å². The first-order valence-electron chi connectivity index (χ1n) is 10.4. The Morgan fingerprint density at radius 3 is 2.82 bits per heavy atom. The molecule has 1 aliphatic heterocycles. The molecule has 0 radical (unpaired) electrons. The number of amides is 1. The maximum atomic E-state index is 13.1. The number of likely N-dealkylation sites (tertiary alicyclic amines) is 1. The summed E-state index contributed by atoms with van der Waals surface area (Å²) in [5, 5.41) is 0.819. The summed E-state index contributed by atoms with van der Waals surface area (Å²) in [6.45, 7) is 4.83. The summed E-state index contributed by atoms with van der Waals surface area (Å²) in [6.07, 6.45) is 5.97. The quantitative estimate of drug-likeness (QED) is 0.758. The normalized spacial score (nSPS) is 22.0. The van der Waals surface area contributed by atoms with Crippen LogP contribution in [0.15, 0.2) is 24.3 Å². The summed E-state index contributed by atoms with van der Waals surface area (Å²) in [7, 11) is 0. The number of pyridine rings is 1. The number of hydrogen-bond acceptors (Lipinski definition) is 4. The summed E-state index contributed by atoms with van der Waals surface area (Å²) in [4.78, 5) is 32.3. The first-order valence-corrected chi connectivity index (χ1v) is 10.4. The lowest BCUT2D eigenvalue weighted by Gasteiger charge is -2.33. The maximum Gasteiger partial charge on any atom is 0.339 e. The van der Waals surface area contributed by atoms with E-state index in [1.54, 1.807) is 0 Å². The zero-order valence-electron chi connectivity index (χ0n) is 16.7. The molecule has 1 aliphatic carbocycles. The van der Waals surface area contributed by atoms with Gasteiger partial charge in [0.05, 0.1) is 11.1 Å². The number of ether oxygens (including phenoxy) is 1. The van der Waals surface area contributed by atoms with Crippen molar-refractivity contribution in [3.8, 4) is 0 Å². The summed E-state index contributed by atoms with van der Waals surface area (Å²) in [6, 6.07) is 7.93. The Hall–Kier alpha value is -2.43. The van der Waals surface area contributed by atoms with Crippen LogP contribution in [0.2, 0.25) is 0 Å². The molecule has 5 nitrogen and oxygen atoms in total. The number of fused-ring (bicyclic) bond motifs is 2. The molecule has 0 bridgehead atoms. The van der Waals surface area contributed by atoms with Crippen LogP contribution in [0.1, 0.15) is 61.1 Å². The second-order valence-corrected chi connectivity index (χ2v) is 8.29. The predicted molar refractivity (Wildman–Crippen MR) is 108 cm³/mol. The third kappa shape index (κ3) is 3.62. The Morgan fingerprint density at radius 1 is 1.18 bits per heavy atom. The lowest BCUT2D eigenvalue weighted by molar-refractivity contribution is -0.137. The number of benzene rings is 1. The number of piperidine rings is 1. The van der Waals surface area contributed by atoms with Gasteiger partial charge in [0.2, 0.25) is 0 Å². The number of esters is 1. The predicted octanol–water partition coefficient (Wildman–Crippen LogP) is 3.92. The summed E-state index contributed by atoms with van der Waals surface area (Å²) >= 11 is 0. The fourth-order valence-corrected chi connectivity index (χ4v) is 4.55. The molecule has 0 N–H and O–H groups in total. The van der Waals surface area contributed by atoms with Gasteiger partial charge in [0.25, 0.3) is 5.91 Å². The minimum Gasteiger partial charge on any atom is -0.452 e. The third-order valence-corrected chi connectivity index (χ3v) is 6.16. The van der Waals surface area contributed by atoms with Gasteiger partial charge in [0.15, 0.2) is 6.61 Å². The zero-order valence-corrected chi connectivity index (χ0v) is 16.7. The van der Waals surface area contributed by atoms with E-state index in [9.17, 15) is 9.59 Å². The number of carbonyl (C=O) groups is 2. The number of para-hydroxylation sites is 1. The van der Waals surface area contributed by atoms with Crippen molar-refractivity contribution in [3.63, 3.8) is 0 Å². The second-order valence-electron chi connectivity index (χ2n) is 8.29. The summed E-state index contributed by atoms with van der Waals surface area (Å²) in [5.74, 6) is 0.0148. The highest BCUT2D eigenvalue weighted by Gasteiger charge is 2.28. The average molecular weight is 380 g/mol. The SMILES string of the molecule is C[C@@H]1CCc2nc3ccccc3c(C(=O)OCC(=O)N3CCCC[C@H]3C)c2C1. The minimum atomic E-state index is -0.401. The van der Waals surface area contributed by atoms with Crippen molar-refractivity contribution in [3.05, 3.63) is 41.1 Å². The topological polar surface area (TPSA) is 59.5 Å². The molecule has 5 heteroatoms. The Kier molecular flexibility index (Phi) is 5.33. The molecule has 148 valence electrons. The zero-order chi connectivity index (χ0) is 19.7. The van der Waals surface area contributed by atoms with Gasteiger partial charge in [-0.3, -0.25) is 9.78 Å². The van der Waals surface area contributed by atoms with E-state index in [2.05, 4.69) is 13.8 Å². The molecule has 2 aliphatic rings. The molecule has 2 aromatic rings. The minimum absolute atomic E-state index is 0.0962. The van der Waals surface area contributed by atoms with Crippen molar-refractivity contribution in [2.75, 3.05) is 13.2 Å². The molecule has 4 rings (SSSR count). The number of rotatable bonds is 3. The van der Waals surface area contributed by atoms with Crippen LogP contribution in [0.5, 0.6) is 0 Å². The van der Waals surface area contributed by atoms with E-state index in [-0.39, 0.29) is 18.6 Å². The van der Waals surface area contributed by atoms with Crippen LogP contribution in [0.25, 0.3) is 10.9 Å². The lowest BCUT2D eigenvalue weighted by Crippen LogP contribution is -2.44. The highest BCUT2D eigenvalue weighted by Crippen LogP contribution is 2.32. The highest BCUT2D eigenvalue weighted by molar-refractivity contribution is 6.05. The number of hydrogen-bond donors (Lipinski definition) is 0. The Bertz CT molecular complexity index is 908. The van der Waals surface area contributed by atoms with Gasteiger partial charge in [0, 0.05) is 23.7 Å². The largest absolute Gasteiger partial charge is 0.452 e. The molecule has 1 fully saturated rings. The molecule has 1 aromatic carbocycles. The number of aromatic nitrogens is 1. The van der Waals surface area contributed by atoms with Crippen molar-refractivity contribution in [1.82, 2.24) is 9.88 Å². The van der Waals surface area contributed by atoms with Crippen LogP contribution in [0, 0.1) is 5.92 Å². The van der Waals surface area contributed by atoms with Crippen molar-refractivity contribution < 1.29 is 14.3 Å². The molecule has 0 saturated carbocycles. The van der Waals surface area contributed by atoms with Crippen LogP contribution in [0.3, 0.4) is 0 Å². The Labute approximate surface area is 166 Å². The van der Waals surface area contributed by atoms with Crippen molar-refractivity contribution in [2.24, 2.45) is 5.92 Å². The maximum absolute atomic E-state index is 13.1. The van der Waals surface area contributed by atoms with Crippen LogP contribution in [-0.4, -0.2) is 41.0 Å². The second kappa shape index (κ2) is 7.90. The summed E-state index contributed by atoms with van der Waals surface area (Å²) < 4.78 is 5.54. The molecule has 0 spiro atoms. The monoisotopic (exact) mass is 380 g/mol. The summed E-state index contributed by atoms with van der Waals surface area (Å²) in [5.41, 5.74) is 3.42. The van der Waals surface area contributed by atoms with Gasteiger partial charge < -0.3 is 9.64 Å². The fraction of sp³-hybridized carbons (Fsp3) is 0.522.